The van der Waals surface area contributed by atoms with Crippen molar-refractivity contribution >= 4 is 28.7 Å². The monoisotopic (exact) mass is 369 g/mol. The van der Waals surface area contributed by atoms with Crippen LogP contribution in [0.4, 0.5) is 0 Å². The number of carbonyl (C=O) groups is 1. The Morgan fingerprint density at radius 2 is 2.00 bits per heavy atom. The lowest BCUT2D eigenvalue weighted by atomic mass is 10.1. The molecule has 1 amide bonds. The molecule has 3 aromatic rings. The number of amides is 1. The minimum atomic E-state index is -0.0818. The van der Waals surface area contributed by atoms with Crippen molar-refractivity contribution in [3.8, 4) is 5.75 Å². The molecule has 0 aliphatic rings. The largest absolute Gasteiger partial charge is 0.496 e. The van der Waals surface area contributed by atoms with E-state index in [4.69, 9.17) is 4.74 Å². The van der Waals surface area contributed by atoms with Gasteiger partial charge < -0.3 is 15.0 Å². The van der Waals surface area contributed by atoms with Crippen molar-refractivity contribution in [2.24, 2.45) is 0 Å². The van der Waals surface area contributed by atoms with Gasteiger partial charge in [-0.15, -0.1) is 0 Å². The van der Waals surface area contributed by atoms with Crippen LogP contribution in [0.5, 0.6) is 5.75 Å². The van der Waals surface area contributed by atoms with Crippen molar-refractivity contribution < 1.29 is 9.53 Å². The fraction of sp³-hybridized carbons (Fsp3) is 0.300. The number of aromatic amines is 1. The first-order valence-electron chi connectivity index (χ1n) is 8.67. The van der Waals surface area contributed by atoms with Crippen molar-refractivity contribution in [1.82, 2.24) is 15.3 Å². The Balaban J connectivity index is 1.44. The predicted molar refractivity (Wildman–Crippen MR) is 106 cm³/mol. The van der Waals surface area contributed by atoms with Gasteiger partial charge in [-0.1, -0.05) is 42.1 Å². The molecule has 0 fully saturated rings. The van der Waals surface area contributed by atoms with Gasteiger partial charge in [-0.25, -0.2) is 4.98 Å². The number of thioether (sulfide) groups is 1. The zero-order valence-electron chi connectivity index (χ0n) is 15.0. The number of aromatic nitrogens is 2. The summed E-state index contributed by atoms with van der Waals surface area (Å²) in [4.78, 5) is 20.0. The van der Waals surface area contributed by atoms with Gasteiger partial charge in [-0.3, -0.25) is 4.79 Å². The molecule has 3 rings (SSSR count). The molecule has 1 heterocycles. The van der Waals surface area contributed by atoms with E-state index in [0.29, 0.717) is 6.42 Å². The van der Waals surface area contributed by atoms with Gasteiger partial charge in [-0.05, 0) is 31.5 Å². The average Bonchev–Trinajstić information content (AvgIpc) is 3.08. The van der Waals surface area contributed by atoms with Gasteiger partial charge in [0, 0.05) is 17.7 Å². The van der Waals surface area contributed by atoms with Gasteiger partial charge in [0.05, 0.1) is 24.2 Å². The number of ether oxygens (including phenoxy) is 1. The Morgan fingerprint density at radius 1 is 1.23 bits per heavy atom. The minimum absolute atomic E-state index is 0.0496. The third-order valence-corrected chi connectivity index (χ3v) is 5.10. The summed E-state index contributed by atoms with van der Waals surface area (Å²) in [6, 6.07) is 15.6. The molecule has 5 nitrogen and oxygen atoms in total. The maximum Gasteiger partial charge on any atom is 0.220 e. The third kappa shape index (κ3) is 4.58. The van der Waals surface area contributed by atoms with Crippen molar-refractivity contribution in [2.45, 2.75) is 31.0 Å². The van der Waals surface area contributed by atoms with E-state index in [9.17, 15) is 4.79 Å². The molecule has 2 N–H and O–H groups in total. The van der Waals surface area contributed by atoms with Crippen LogP contribution in [0.2, 0.25) is 0 Å². The molecule has 0 aliphatic heterocycles. The van der Waals surface area contributed by atoms with E-state index in [2.05, 4.69) is 15.3 Å². The molecule has 0 radical (unpaired) electrons. The molecule has 0 spiro atoms. The van der Waals surface area contributed by atoms with Crippen LogP contribution in [0, 0.1) is 0 Å². The molecule has 0 unspecified atom stereocenters. The van der Waals surface area contributed by atoms with Crippen LogP contribution in [0.1, 0.15) is 31.4 Å². The van der Waals surface area contributed by atoms with E-state index in [1.54, 1.807) is 18.9 Å². The molecule has 0 saturated heterocycles. The van der Waals surface area contributed by atoms with Crippen LogP contribution in [0.3, 0.4) is 0 Å². The first kappa shape index (κ1) is 18.3. The summed E-state index contributed by atoms with van der Waals surface area (Å²) in [5, 5.41) is 3.94. The van der Waals surface area contributed by atoms with E-state index >= 15 is 0 Å². The Morgan fingerprint density at radius 3 is 2.81 bits per heavy atom. The number of rotatable bonds is 8. The Hall–Kier alpha value is -2.47. The second-order valence-corrected chi connectivity index (χ2v) is 7.13. The minimum Gasteiger partial charge on any atom is -0.496 e. The Labute approximate surface area is 157 Å². The summed E-state index contributed by atoms with van der Waals surface area (Å²) in [6.45, 7) is 1.97. The highest BCUT2D eigenvalue weighted by molar-refractivity contribution is 7.99. The molecule has 0 bridgehead atoms. The highest BCUT2D eigenvalue weighted by Gasteiger charge is 2.13. The molecule has 136 valence electrons. The molecule has 1 atom stereocenters. The van der Waals surface area contributed by atoms with Gasteiger partial charge in [0.25, 0.3) is 0 Å². The lowest BCUT2D eigenvalue weighted by Gasteiger charge is -2.17. The van der Waals surface area contributed by atoms with Crippen LogP contribution in [0.15, 0.2) is 53.7 Å². The number of benzene rings is 2. The molecule has 0 saturated carbocycles. The lowest BCUT2D eigenvalue weighted by molar-refractivity contribution is -0.121. The summed E-state index contributed by atoms with van der Waals surface area (Å²) >= 11 is 1.64. The van der Waals surface area contributed by atoms with Gasteiger partial charge in [0.15, 0.2) is 5.16 Å². The number of methoxy groups -OCH3 is 1. The first-order valence-corrected chi connectivity index (χ1v) is 9.66. The highest BCUT2D eigenvalue weighted by Crippen LogP contribution is 2.24. The lowest BCUT2D eigenvalue weighted by Crippen LogP contribution is -2.26. The number of H-pyrrole nitrogens is 1. The molecule has 2 aromatic carbocycles. The van der Waals surface area contributed by atoms with Crippen LogP contribution in [-0.4, -0.2) is 28.7 Å². The fourth-order valence-corrected chi connectivity index (χ4v) is 3.64. The molecule has 1 aromatic heterocycles. The van der Waals surface area contributed by atoms with Crippen molar-refractivity contribution in [3.63, 3.8) is 0 Å². The summed E-state index contributed by atoms with van der Waals surface area (Å²) in [6.07, 6.45) is 1.29. The van der Waals surface area contributed by atoms with E-state index in [1.165, 1.54) is 0 Å². The van der Waals surface area contributed by atoms with E-state index in [0.717, 1.165) is 39.7 Å². The first-order chi connectivity index (χ1) is 12.7. The molecule has 26 heavy (non-hydrogen) atoms. The van der Waals surface area contributed by atoms with Gasteiger partial charge >= 0.3 is 0 Å². The second kappa shape index (κ2) is 8.76. The van der Waals surface area contributed by atoms with Crippen LogP contribution in [0.25, 0.3) is 11.0 Å². The zero-order chi connectivity index (χ0) is 18.4. The Kier molecular flexibility index (Phi) is 6.17. The maximum atomic E-state index is 12.2. The van der Waals surface area contributed by atoms with Crippen molar-refractivity contribution in [1.29, 1.82) is 0 Å². The normalized spacial score (nSPS) is 12.1. The maximum absolute atomic E-state index is 12.2. The molecule has 0 aliphatic carbocycles. The van der Waals surface area contributed by atoms with Gasteiger partial charge in [0.2, 0.25) is 5.91 Å². The SMILES string of the molecule is COc1ccccc1[C@@H](C)NC(=O)CCCSc1nc2ccccc2[nH]1. The fourth-order valence-electron chi connectivity index (χ4n) is 2.81. The van der Waals surface area contributed by atoms with Crippen LogP contribution >= 0.6 is 11.8 Å². The van der Waals surface area contributed by atoms with Crippen molar-refractivity contribution in [3.05, 3.63) is 54.1 Å². The summed E-state index contributed by atoms with van der Waals surface area (Å²) in [7, 11) is 1.64. The number of fused-ring (bicyclic) bond motifs is 1. The van der Waals surface area contributed by atoms with E-state index in [-0.39, 0.29) is 11.9 Å². The molecular weight excluding hydrogens is 346 g/mol. The average molecular weight is 369 g/mol. The van der Waals surface area contributed by atoms with Crippen LogP contribution < -0.4 is 10.1 Å². The van der Waals surface area contributed by atoms with E-state index in [1.807, 2.05) is 55.5 Å². The zero-order valence-corrected chi connectivity index (χ0v) is 15.8. The van der Waals surface area contributed by atoms with Crippen molar-refractivity contribution in [2.75, 3.05) is 12.9 Å². The van der Waals surface area contributed by atoms with Gasteiger partial charge in [0.1, 0.15) is 5.75 Å². The molecule has 6 heteroatoms. The summed E-state index contributed by atoms with van der Waals surface area (Å²) < 4.78 is 5.36. The molecular formula is C20H23N3O2S. The van der Waals surface area contributed by atoms with Crippen LogP contribution in [-0.2, 0) is 4.79 Å². The number of nitrogens with zero attached hydrogens (tertiary/aromatic N) is 1. The third-order valence-electron chi connectivity index (χ3n) is 4.14. The number of imidazole rings is 1. The number of para-hydroxylation sites is 3. The predicted octanol–water partition coefficient (Wildman–Crippen LogP) is 4.32. The smallest absolute Gasteiger partial charge is 0.220 e. The van der Waals surface area contributed by atoms with Gasteiger partial charge in [-0.2, -0.15) is 0 Å². The second-order valence-electron chi connectivity index (χ2n) is 6.04. The Bertz CT molecular complexity index is 845. The standard InChI is InChI=1S/C20H23N3O2S/c1-14(15-8-3-6-11-18(15)25-2)21-19(24)12-7-13-26-20-22-16-9-4-5-10-17(16)23-20/h3-6,8-11,14H,7,12-13H2,1-2H3,(H,21,24)(H,22,23)/t14-/m1/s1. The number of carbonyl (C=O) groups excluding carboxylic acids is 1. The van der Waals surface area contributed by atoms with E-state index < -0.39 is 0 Å². The summed E-state index contributed by atoms with van der Waals surface area (Å²) in [5.74, 6) is 1.69. The number of hydrogen-bond donors (Lipinski definition) is 2. The quantitative estimate of drug-likeness (QED) is 0.458. The number of nitrogens with one attached hydrogen (secondary N) is 2. The highest BCUT2D eigenvalue weighted by atomic mass is 32.2. The summed E-state index contributed by atoms with van der Waals surface area (Å²) in [5.41, 5.74) is 3.00. The topological polar surface area (TPSA) is 67.0 Å². The number of hydrogen-bond acceptors (Lipinski definition) is 4.